The van der Waals surface area contributed by atoms with E-state index in [0.717, 1.165) is 16.3 Å². The molecule has 3 aromatic heterocycles. The molecule has 0 atom stereocenters. The van der Waals surface area contributed by atoms with E-state index in [2.05, 4.69) is 20.4 Å². The molecule has 5 aromatic rings. The van der Waals surface area contributed by atoms with Crippen molar-refractivity contribution in [1.29, 1.82) is 0 Å². The normalized spacial score (nSPS) is 11.3. The number of fused-ring (bicyclic) bond motifs is 2. The van der Waals surface area contributed by atoms with E-state index in [1.165, 1.54) is 23.1 Å². The van der Waals surface area contributed by atoms with Crippen LogP contribution in [0.5, 0.6) is 0 Å². The predicted octanol–water partition coefficient (Wildman–Crippen LogP) is 4.80. The van der Waals surface area contributed by atoms with Crippen LogP contribution in [0.15, 0.2) is 61.1 Å². The van der Waals surface area contributed by atoms with Crippen LogP contribution in [-0.2, 0) is 19.8 Å². The molecule has 0 bridgehead atoms. The van der Waals surface area contributed by atoms with Gasteiger partial charge in [-0.25, -0.2) is 13.8 Å². The molecule has 0 aliphatic rings. The highest BCUT2D eigenvalue weighted by Gasteiger charge is 2.17. The highest BCUT2D eigenvalue weighted by molar-refractivity contribution is 6.31. The van der Waals surface area contributed by atoms with Gasteiger partial charge in [0.05, 0.1) is 17.1 Å². The minimum Gasteiger partial charge on any atom is -0.383 e. The molecular formula is C25H19ClF2N6O. The van der Waals surface area contributed by atoms with Crippen molar-refractivity contribution < 1.29 is 13.6 Å². The SMILES string of the molecule is Nc1nccc2cc(CNC(=O)c3cn(Cc4cc(F)c5ncc(Cl)cc5c4)nc3CF)ccc12. The maximum atomic E-state index is 14.5. The highest BCUT2D eigenvalue weighted by atomic mass is 35.5. The number of nitrogens with one attached hydrogen (secondary N) is 1. The Hall–Kier alpha value is -4.11. The fourth-order valence-electron chi connectivity index (χ4n) is 3.98. The number of hydrogen-bond donors (Lipinski definition) is 2. The van der Waals surface area contributed by atoms with Crippen molar-refractivity contribution in [3.63, 3.8) is 0 Å². The zero-order valence-corrected chi connectivity index (χ0v) is 19.1. The van der Waals surface area contributed by atoms with Crippen molar-refractivity contribution in [1.82, 2.24) is 25.1 Å². The van der Waals surface area contributed by atoms with Gasteiger partial charge in [-0.15, -0.1) is 0 Å². The van der Waals surface area contributed by atoms with Gasteiger partial charge in [0.1, 0.15) is 29.5 Å². The molecule has 176 valence electrons. The first-order valence-electron chi connectivity index (χ1n) is 10.7. The summed E-state index contributed by atoms with van der Waals surface area (Å²) in [5.74, 6) is -0.527. The van der Waals surface area contributed by atoms with Gasteiger partial charge < -0.3 is 11.1 Å². The number of carbonyl (C=O) groups is 1. The molecule has 0 radical (unpaired) electrons. The number of anilines is 1. The number of aromatic nitrogens is 4. The van der Waals surface area contributed by atoms with Crippen molar-refractivity contribution in [2.75, 3.05) is 5.73 Å². The van der Waals surface area contributed by atoms with Crippen molar-refractivity contribution in [3.05, 3.63) is 94.3 Å². The first kappa shape index (κ1) is 22.7. The third-order valence-electron chi connectivity index (χ3n) is 5.63. The number of halogens is 3. The summed E-state index contributed by atoms with van der Waals surface area (Å²) in [4.78, 5) is 20.9. The molecule has 2 aromatic carbocycles. The Kier molecular flexibility index (Phi) is 6.00. The average molecular weight is 493 g/mol. The minimum atomic E-state index is -0.913. The summed E-state index contributed by atoms with van der Waals surface area (Å²) in [6, 6.07) is 12.1. The lowest BCUT2D eigenvalue weighted by atomic mass is 10.1. The number of benzene rings is 2. The molecule has 1 amide bonds. The third-order valence-corrected chi connectivity index (χ3v) is 5.84. The zero-order valence-electron chi connectivity index (χ0n) is 18.3. The lowest BCUT2D eigenvalue weighted by Gasteiger charge is -2.07. The number of pyridine rings is 2. The smallest absolute Gasteiger partial charge is 0.255 e. The number of hydrogen-bond acceptors (Lipinski definition) is 5. The summed E-state index contributed by atoms with van der Waals surface area (Å²) in [6.07, 6.45) is 4.45. The molecular weight excluding hydrogens is 474 g/mol. The van der Waals surface area contributed by atoms with E-state index >= 15 is 0 Å². The number of nitrogens with two attached hydrogens (primary N) is 1. The van der Waals surface area contributed by atoms with Gasteiger partial charge in [0, 0.05) is 35.9 Å². The average Bonchev–Trinajstić information content (AvgIpc) is 3.25. The van der Waals surface area contributed by atoms with E-state index in [0.29, 0.717) is 21.8 Å². The van der Waals surface area contributed by atoms with Crippen LogP contribution in [0.1, 0.15) is 27.2 Å². The van der Waals surface area contributed by atoms with Crippen molar-refractivity contribution in [2.24, 2.45) is 0 Å². The predicted molar refractivity (Wildman–Crippen MR) is 130 cm³/mol. The van der Waals surface area contributed by atoms with E-state index < -0.39 is 18.4 Å². The second-order valence-electron chi connectivity index (χ2n) is 8.06. The summed E-state index contributed by atoms with van der Waals surface area (Å²) in [7, 11) is 0. The molecule has 3 heterocycles. The molecule has 5 rings (SSSR count). The molecule has 0 aliphatic carbocycles. The molecule has 0 aliphatic heterocycles. The number of alkyl halides is 1. The van der Waals surface area contributed by atoms with Gasteiger partial charge in [-0.2, -0.15) is 5.10 Å². The zero-order chi connectivity index (χ0) is 24.5. The van der Waals surface area contributed by atoms with Gasteiger partial charge in [-0.05, 0) is 46.8 Å². The lowest BCUT2D eigenvalue weighted by molar-refractivity contribution is 0.0949. The second kappa shape index (κ2) is 9.27. The first-order chi connectivity index (χ1) is 16.9. The Morgan fingerprint density at radius 2 is 1.91 bits per heavy atom. The summed E-state index contributed by atoms with van der Waals surface area (Å²) in [6.45, 7) is -0.541. The Morgan fingerprint density at radius 1 is 1.09 bits per heavy atom. The second-order valence-corrected chi connectivity index (χ2v) is 8.49. The summed E-state index contributed by atoms with van der Waals surface area (Å²) in [5.41, 5.74) is 7.63. The highest BCUT2D eigenvalue weighted by Crippen LogP contribution is 2.23. The van der Waals surface area contributed by atoms with Gasteiger partial charge in [-0.3, -0.25) is 14.5 Å². The van der Waals surface area contributed by atoms with Crippen LogP contribution < -0.4 is 11.1 Å². The Labute approximate surface area is 203 Å². The Bertz CT molecular complexity index is 1590. The van der Waals surface area contributed by atoms with Gasteiger partial charge in [-0.1, -0.05) is 23.7 Å². The quantitative estimate of drug-likeness (QED) is 0.354. The van der Waals surface area contributed by atoms with Gasteiger partial charge in [0.15, 0.2) is 0 Å². The van der Waals surface area contributed by atoms with Gasteiger partial charge in [0.25, 0.3) is 5.91 Å². The van der Waals surface area contributed by atoms with E-state index in [1.807, 2.05) is 24.3 Å². The Balaban J connectivity index is 1.34. The third kappa shape index (κ3) is 4.63. The Morgan fingerprint density at radius 3 is 2.74 bits per heavy atom. The molecule has 0 saturated heterocycles. The molecule has 0 saturated carbocycles. The fourth-order valence-corrected chi connectivity index (χ4v) is 4.15. The summed E-state index contributed by atoms with van der Waals surface area (Å²) >= 11 is 5.97. The van der Waals surface area contributed by atoms with Crippen molar-refractivity contribution >= 4 is 45.0 Å². The number of nitrogens with zero attached hydrogens (tertiary/aromatic N) is 4. The van der Waals surface area contributed by atoms with E-state index in [9.17, 15) is 13.6 Å². The van der Waals surface area contributed by atoms with Crippen LogP contribution in [0.25, 0.3) is 21.7 Å². The number of nitrogen functional groups attached to an aromatic ring is 1. The summed E-state index contributed by atoms with van der Waals surface area (Å²) < 4.78 is 29.5. The molecule has 0 unspecified atom stereocenters. The summed E-state index contributed by atoms with van der Waals surface area (Å²) in [5, 5.41) is 9.63. The molecule has 0 spiro atoms. The maximum absolute atomic E-state index is 14.5. The topological polar surface area (TPSA) is 98.7 Å². The number of rotatable bonds is 6. The van der Waals surface area contributed by atoms with Crippen LogP contribution >= 0.6 is 11.6 Å². The van der Waals surface area contributed by atoms with Crippen LogP contribution in [0.4, 0.5) is 14.6 Å². The lowest BCUT2D eigenvalue weighted by Crippen LogP contribution is -2.23. The fraction of sp³-hybridized carbons (Fsp3) is 0.120. The van der Waals surface area contributed by atoms with E-state index in [-0.39, 0.29) is 29.9 Å². The molecule has 7 nitrogen and oxygen atoms in total. The molecule has 3 N–H and O–H groups in total. The minimum absolute atomic E-state index is 0.00540. The monoisotopic (exact) mass is 492 g/mol. The van der Waals surface area contributed by atoms with E-state index in [4.69, 9.17) is 17.3 Å². The van der Waals surface area contributed by atoms with Crippen molar-refractivity contribution in [2.45, 2.75) is 19.8 Å². The number of amides is 1. The number of carbonyl (C=O) groups excluding carboxylic acids is 1. The first-order valence-corrected chi connectivity index (χ1v) is 11.1. The molecule has 0 fully saturated rings. The van der Waals surface area contributed by atoms with Crippen LogP contribution in [0.3, 0.4) is 0 Å². The molecule has 35 heavy (non-hydrogen) atoms. The largest absolute Gasteiger partial charge is 0.383 e. The molecule has 10 heteroatoms. The maximum Gasteiger partial charge on any atom is 0.255 e. The van der Waals surface area contributed by atoms with Crippen LogP contribution in [0, 0.1) is 5.82 Å². The van der Waals surface area contributed by atoms with Gasteiger partial charge >= 0.3 is 0 Å². The van der Waals surface area contributed by atoms with E-state index in [1.54, 1.807) is 18.3 Å². The van der Waals surface area contributed by atoms with Crippen molar-refractivity contribution in [3.8, 4) is 0 Å². The van der Waals surface area contributed by atoms with Crippen LogP contribution in [-0.4, -0.2) is 25.7 Å². The van der Waals surface area contributed by atoms with Gasteiger partial charge in [0.2, 0.25) is 0 Å². The van der Waals surface area contributed by atoms with Crippen LogP contribution in [0.2, 0.25) is 5.02 Å². The standard InChI is InChI=1S/C25H19ClF2N6O/c26-18-8-17-6-15(7-21(28)23(17)31-11-18)12-34-13-20(22(9-27)33-34)25(35)32-10-14-1-2-19-16(5-14)3-4-30-24(19)29/h1-8,11,13H,9-10,12H2,(H2,29,30)(H,32,35).